The number of pyridine rings is 1. The molecule has 0 bridgehead atoms. The van der Waals surface area contributed by atoms with E-state index >= 15 is 0 Å². The molecule has 1 aliphatic rings. The van der Waals surface area contributed by atoms with Crippen LogP contribution in [-0.4, -0.2) is 47.9 Å². The molecule has 2 aromatic rings. The number of ether oxygens (including phenoxy) is 2. The monoisotopic (exact) mass is 403 g/mol. The quantitative estimate of drug-likeness (QED) is 0.521. The van der Waals surface area contributed by atoms with Crippen molar-refractivity contribution in [2.24, 2.45) is 0 Å². The smallest absolute Gasteiger partial charge is 0.253 e. The number of nitrogens with one attached hydrogen (secondary N) is 2. The average Bonchev–Trinajstić information content (AvgIpc) is 3.20. The maximum Gasteiger partial charge on any atom is 0.253 e. The second-order valence-corrected chi connectivity index (χ2v) is 7.56. The van der Waals surface area contributed by atoms with Crippen LogP contribution in [0.2, 0.25) is 0 Å². The van der Waals surface area contributed by atoms with Gasteiger partial charge in [0.25, 0.3) is 5.56 Å². The molecule has 6 nitrogen and oxygen atoms in total. The van der Waals surface area contributed by atoms with Gasteiger partial charge in [0.2, 0.25) is 0 Å². The minimum atomic E-state index is -0.102. The topological polar surface area (TPSA) is 66.6 Å². The maximum absolute atomic E-state index is 12.7. The zero-order valence-corrected chi connectivity index (χ0v) is 17.4. The number of methoxy groups -OCH3 is 1. The Morgan fingerprint density at radius 2 is 2.29 bits per heavy atom. The first-order valence-corrected chi connectivity index (χ1v) is 10.4. The lowest BCUT2D eigenvalue weighted by molar-refractivity contribution is 0.0897. The van der Waals surface area contributed by atoms with Crippen molar-refractivity contribution in [1.82, 2.24) is 15.2 Å². The molecule has 0 spiro atoms. The van der Waals surface area contributed by atoms with Gasteiger partial charge in [0.05, 0.1) is 25.3 Å². The van der Waals surface area contributed by atoms with Crippen molar-refractivity contribution in [3.05, 3.63) is 40.2 Å². The van der Waals surface area contributed by atoms with Crippen LogP contribution in [0.15, 0.2) is 29.1 Å². The standard InChI is InChI=1S/C21H29N3O3S/c1-3-4-9-22-21(28)24(14-18-6-5-10-27-18)13-16-11-15-7-8-17(26-2)12-19(15)23-20(16)25/h7-8,11-12,18H,3-6,9-10,13-14H2,1-2H3,(H,22,28)(H,23,25)/t18-/m1/s1. The minimum absolute atomic E-state index is 0.102. The van der Waals surface area contributed by atoms with Gasteiger partial charge in [0, 0.05) is 31.3 Å². The summed E-state index contributed by atoms with van der Waals surface area (Å²) < 4.78 is 11.0. The summed E-state index contributed by atoms with van der Waals surface area (Å²) in [6.45, 7) is 4.93. The molecular weight excluding hydrogens is 374 g/mol. The van der Waals surface area contributed by atoms with E-state index in [4.69, 9.17) is 21.7 Å². The lowest BCUT2D eigenvalue weighted by Crippen LogP contribution is -2.44. The summed E-state index contributed by atoms with van der Waals surface area (Å²) in [5.74, 6) is 0.720. The molecule has 0 amide bonds. The molecule has 1 saturated heterocycles. The number of hydrogen-bond donors (Lipinski definition) is 2. The van der Waals surface area contributed by atoms with Crippen molar-refractivity contribution in [3.63, 3.8) is 0 Å². The Morgan fingerprint density at radius 3 is 3.00 bits per heavy atom. The van der Waals surface area contributed by atoms with Crippen LogP contribution in [0, 0.1) is 0 Å². The second-order valence-electron chi connectivity index (χ2n) is 7.18. The van der Waals surface area contributed by atoms with Gasteiger partial charge in [-0.2, -0.15) is 0 Å². The Labute approximate surface area is 171 Å². The van der Waals surface area contributed by atoms with Crippen LogP contribution in [0.3, 0.4) is 0 Å². The average molecular weight is 404 g/mol. The van der Waals surface area contributed by atoms with Crippen molar-refractivity contribution < 1.29 is 9.47 Å². The molecule has 152 valence electrons. The Kier molecular flexibility index (Phi) is 7.28. The molecule has 1 aromatic carbocycles. The van der Waals surface area contributed by atoms with Gasteiger partial charge in [-0.05, 0) is 55.1 Å². The highest BCUT2D eigenvalue weighted by atomic mass is 32.1. The Morgan fingerprint density at radius 1 is 1.43 bits per heavy atom. The molecule has 1 fully saturated rings. The summed E-state index contributed by atoms with van der Waals surface area (Å²) in [6, 6.07) is 7.62. The third kappa shape index (κ3) is 5.23. The lowest BCUT2D eigenvalue weighted by atomic mass is 10.1. The fourth-order valence-electron chi connectivity index (χ4n) is 3.41. The van der Waals surface area contributed by atoms with Crippen LogP contribution >= 0.6 is 12.2 Å². The highest BCUT2D eigenvalue weighted by Crippen LogP contribution is 2.20. The molecule has 0 radical (unpaired) electrons. The molecule has 2 heterocycles. The number of benzene rings is 1. The number of aromatic amines is 1. The van der Waals surface area contributed by atoms with Crippen LogP contribution in [0.25, 0.3) is 10.9 Å². The minimum Gasteiger partial charge on any atom is -0.497 e. The molecule has 0 unspecified atom stereocenters. The third-order valence-corrected chi connectivity index (χ3v) is 5.44. The number of thiocarbonyl (C=S) groups is 1. The lowest BCUT2D eigenvalue weighted by Gasteiger charge is -2.28. The van der Waals surface area contributed by atoms with Crippen LogP contribution < -0.4 is 15.6 Å². The van der Waals surface area contributed by atoms with Crippen LogP contribution in [0.4, 0.5) is 0 Å². The molecule has 2 N–H and O–H groups in total. The number of hydrogen-bond acceptors (Lipinski definition) is 4. The van der Waals surface area contributed by atoms with Crippen LogP contribution in [0.1, 0.15) is 38.2 Å². The number of aromatic nitrogens is 1. The Bertz CT molecular complexity index is 862. The number of H-pyrrole nitrogens is 1. The predicted molar refractivity (Wildman–Crippen MR) is 116 cm³/mol. The van der Waals surface area contributed by atoms with Crippen molar-refractivity contribution in [1.29, 1.82) is 0 Å². The summed E-state index contributed by atoms with van der Waals surface area (Å²) >= 11 is 5.63. The van der Waals surface area contributed by atoms with Gasteiger partial charge in [0.1, 0.15) is 5.75 Å². The SMILES string of the molecule is CCCCNC(=S)N(Cc1cc2ccc(OC)cc2[nH]c1=O)C[C@H]1CCCO1. The van der Waals surface area contributed by atoms with E-state index < -0.39 is 0 Å². The van der Waals surface area contributed by atoms with E-state index in [9.17, 15) is 4.79 Å². The van der Waals surface area contributed by atoms with Gasteiger partial charge < -0.3 is 24.7 Å². The van der Waals surface area contributed by atoms with E-state index in [2.05, 4.69) is 22.1 Å². The van der Waals surface area contributed by atoms with Crippen LogP contribution in [-0.2, 0) is 11.3 Å². The molecule has 1 atom stereocenters. The van der Waals surface area contributed by atoms with Gasteiger partial charge >= 0.3 is 0 Å². The van der Waals surface area contributed by atoms with Gasteiger partial charge in [-0.3, -0.25) is 4.79 Å². The predicted octanol–water partition coefficient (Wildman–Crippen LogP) is 3.19. The molecule has 28 heavy (non-hydrogen) atoms. The van der Waals surface area contributed by atoms with Crippen molar-refractivity contribution in [2.75, 3.05) is 26.8 Å². The van der Waals surface area contributed by atoms with E-state index in [1.54, 1.807) is 7.11 Å². The number of fused-ring (bicyclic) bond motifs is 1. The van der Waals surface area contributed by atoms with Gasteiger partial charge in [0.15, 0.2) is 5.11 Å². The summed E-state index contributed by atoms with van der Waals surface area (Å²) in [4.78, 5) is 17.7. The molecule has 7 heteroatoms. The number of unbranched alkanes of at least 4 members (excludes halogenated alkanes) is 1. The molecular formula is C21H29N3O3S. The molecule has 1 aliphatic heterocycles. The van der Waals surface area contributed by atoms with Gasteiger partial charge in [-0.1, -0.05) is 13.3 Å². The first-order valence-electron chi connectivity index (χ1n) is 9.95. The Balaban J connectivity index is 1.80. The second kappa shape index (κ2) is 9.89. The van der Waals surface area contributed by atoms with E-state index in [0.717, 1.165) is 55.5 Å². The van der Waals surface area contributed by atoms with E-state index in [1.807, 2.05) is 24.3 Å². The zero-order valence-electron chi connectivity index (χ0n) is 16.6. The molecule has 0 saturated carbocycles. The van der Waals surface area contributed by atoms with Gasteiger partial charge in [-0.15, -0.1) is 0 Å². The van der Waals surface area contributed by atoms with Crippen molar-refractivity contribution in [2.45, 2.75) is 45.3 Å². The van der Waals surface area contributed by atoms with E-state index in [1.165, 1.54) is 0 Å². The van der Waals surface area contributed by atoms with E-state index in [-0.39, 0.29) is 11.7 Å². The van der Waals surface area contributed by atoms with Crippen molar-refractivity contribution >= 4 is 28.2 Å². The Hall–Kier alpha value is -2.12. The normalized spacial score (nSPS) is 16.3. The fourth-order valence-corrected chi connectivity index (χ4v) is 3.65. The first kappa shape index (κ1) is 20.6. The molecule has 1 aromatic heterocycles. The highest BCUT2D eigenvalue weighted by Gasteiger charge is 2.22. The maximum atomic E-state index is 12.7. The van der Waals surface area contributed by atoms with Crippen molar-refractivity contribution in [3.8, 4) is 5.75 Å². The molecule has 0 aliphatic carbocycles. The largest absolute Gasteiger partial charge is 0.497 e. The third-order valence-electron chi connectivity index (χ3n) is 5.03. The summed E-state index contributed by atoms with van der Waals surface area (Å²) in [6.07, 6.45) is 4.44. The zero-order chi connectivity index (χ0) is 19.9. The fraction of sp³-hybridized carbons (Fsp3) is 0.524. The summed E-state index contributed by atoms with van der Waals surface area (Å²) in [5.41, 5.74) is 1.35. The molecule has 3 rings (SSSR count). The van der Waals surface area contributed by atoms with Crippen LogP contribution in [0.5, 0.6) is 5.75 Å². The summed E-state index contributed by atoms with van der Waals surface area (Å²) in [7, 11) is 1.61. The first-order chi connectivity index (χ1) is 13.6. The summed E-state index contributed by atoms with van der Waals surface area (Å²) in [5, 5.41) is 4.97. The number of rotatable bonds is 8. The van der Waals surface area contributed by atoms with E-state index in [0.29, 0.717) is 23.8 Å². The number of nitrogens with zero attached hydrogens (tertiary/aromatic N) is 1. The highest BCUT2D eigenvalue weighted by molar-refractivity contribution is 7.80. The van der Waals surface area contributed by atoms with Gasteiger partial charge in [-0.25, -0.2) is 0 Å².